The minimum atomic E-state index is -4.11. The minimum absolute atomic E-state index is 0.0695. The van der Waals surface area contributed by atoms with Crippen LogP contribution in [0.15, 0.2) is 76.5 Å². The average molecular weight is 485 g/mol. The number of hydrogen-bond acceptors (Lipinski definition) is 3. The Bertz CT molecular complexity index is 1430. The smallest absolute Gasteiger partial charge is 0.269 e. The van der Waals surface area contributed by atoms with Crippen LogP contribution in [0.1, 0.15) is 33.2 Å². The first-order chi connectivity index (χ1) is 15.7. The summed E-state index contributed by atoms with van der Waals surface area (Å²) in [4.78, 5) is 16.1. The third-order valence-electron chi connectivity index (χ3n) is 5.38. The van der Waals surface area contributed by atoms with Crippen molar-refractivity contribution in [3.63, 3.8) is 0 Å². The molecule has 0 bridgehead atoms. The number of sulfone groups is 1. The Morgan fingerprint density at radius 3 is 2.33 bits per heavy atom. The van der Waals surface area contributed by atoms with E-state index in [0.29, 0.717) is 21.5 Å². The molecule has 1 aromatic heterocycles. The molecular weight excluding hydrogens is 463 g/mol. The molecule has 8 heteroatoms. The number of aryl methyl sites for hydroxylation is 2. The topological polar surface area (TPSA) is 79.0 Å². The van der Waals surface area contributed by atoms with Crippen molar-refractivity contribution >= 4 is 38.2 Å². The fourth-order valence-corrected chi connectivity index (χ4v) is 5.87. The van der Waals surface area contributed by atoms with E-state index in [4.69, 9.17) is 11.6 Å². The van der Waals surface area contributed by atoms with Crippen molar-refractivity contribution in [2.75, 3.05) is 6.67 Å². The summed E-state index contributed by atoms with van der Waals surface area (Å²) in [6, 6.07) is 17.4. The van der Waals surface area contributed by atoms with Crippen LogP contribution in [0.4, 0.5) is 4.39 Å². The highest BCUT2D eigenvalue weighted by Gasteiger charge is 2.31. The second-order valence-electron chi connectivity index (χ2n) is 7.94. The predicted octanol–water partition coefficient (Wildman–Crippen LogP) is 5.71. The Hall–Kier alpha value is -3.16. The van der Waals surface area contributed by atoms with Gasteiger partial charge in [-0.2, -0.15) is 0 Å². The lowest BCUT2D eigenvalue weighted by Gasteiger charge is -2.16. The second-order valence-corrected chi connectivity index (χ2v) is 10.3. The van der Waals surface area contributed by atoms with Crippen LogP contribution < -0.4 is 5.32 Å². The average Bonchev–Trinajstić information content (AvgIpc) is 3.17. The van der Waals surface area contributed by atoms with Crippen LogP contribution in [0.25, 0.3) is 10.9 Å². The lowest BCUT2D eigenvalue weighted by Crippen LogP contribution is -2.31. The van der Waals surface area contributed by atoms with Crippen LogP contribution in [0.5, 0.6) is 0 Å². The summed E-state index contributed by atoms with van der Waals surface area (Å²) < 4.78 is 41.3. The van der Waals surface area contributed by atoms with Gasteiger partial charge in [-0.05, 0) is 60.9 Å². The van der Waals surface area contributed by atoms with E-state index in [0.717, 1.165) is 11.1 Å². The summed E-state index contributed by atoms with van der Waals surface area (Å²) in [5.41, 5.74) is 2.40. The molecule has 5 nitrogen and oxygen atoms in total. The number of H-pyrrole nitrogens is 1. The number of carbonyl (C=O) groups excluding carboxylic acids is 1. The van der Waals surface area contributed by atoms with Crippen molar-refractivity contribution < 1.29 is 17.6 Å². The molecule has 0 aliphatic rings. The Labute approximate surface area is 196 Å². The summed E-state index contributed by atoms with van der Waals surface area (Å²) in [5, 5.41) is 3.24. The molecule has 4 rings (SSSR count). The highest BCUT2D eigenvalue weighted by atomic mass is 35.5. The van der Waals surface area contributed by atoms with Gasteiger partial charge in [-0.1, -0.05) is 48.0 Å². The largest absolute Gasteiger partial charge is 0.349 e. The number of benzene rings is 3. The van der Waals surface area contributed by atoms with Crippen LogP contribution >= 0.6 is 11.6 Å². The number of carbonyl (C=O) groups is 1. The van der Waals surface area contributed by atoms with E-state index in [1.807, 2.05) is 6.07 Å². The number of amides is 1. The van der Waals surface area contributed by atoms with Crippen molar-refractivity contribution in [3.05, 3.63) is 94.1 Å². The van der Waals surface area contributed by atoms with Gasteiger partial charge in [-0.15, -0.1) is 0 Å². The predicted molar refractivity (Wildman–Crippen MR) is 127 cm³/mol. The molecule has 0 spiro atoms. The molecule has 0 radical (unpaired) electrons. The fourth-order valence-electron chi connectivity index (χ4n) is 3.91. The molecule has 0 aliphatic carbocycles. The SMILES string of the molecule is Cc1cc(C)cc(S(=O)(=O)c2c(C(=O)NC(CF)c3ccccc3)[nH]c3ccc(Cl)cc23)c1. The third kappa shape index (κ3) is 4.51. The van der Waals surface area contributed by atoms with Gasteiger partial charge in [0.25, 0.3) is 5.91 Å². The lowest BCUT2D eigenvalue weighted by atomic mass is 10.1. The first-order valence-corrected chi connectivity index (χ1v) is 12.1. The summed E-state index contributed by atoms with van der Waals surface area (Å²) in [6.45, 7) is 2.76. The summed E-state index contributed by atoms with van der Waals surface area (Å²) in [7, 11) is -4.11. The van der Waals surface area contributed by atoms with Gasteiger partial charge in [0.2, 0.25) is 9.84 Å². The van der Waals surface area contributed by atoms with E-state index in [2.05, 4.69) is 10.3 Å². The van der Waals surface area contributed by atoms with Crippen LogP contribution in [0, 0.1) is 13.8 Å². The van der Waals surface area contributed by atoms with Gasteiger partial charge in [0.1, 0.15) is 17.3 Å². The number of nitrogens with one attached hydrogen (secondary N) is 2. The summed E-state index contributed by atoms with van der Waals surface area (Å²) >= 11 is 6.15. The zero-order valence-electron chi connectivity index (χ0n) is 18.0. The van der Waals surface area contributed by atoms with Gasteiger partial charge >= 0.3 is 0 Å². The zero-order valence-corrected chi connectivity index (χ0v) is 19.6. The van der Waals surface area contributed by atoms with Crippen molar-refractivity contribution in [1.82, 2.24) is 10.3 Å². The summed E-state index contributed by atoms with van der Waals surface area (Å²) in [6.07, 6.45) is 0. The van der Waals surface area contributed by atoms with Crippen molar-refractivity contribution in [1.29, 1.82) is 0 Å². The molecule has 4 aromatic rings. The van der Waals surface area contributed by atoms with E-state index in [1.165, 1.54) is 6.07 Å². The first kappa shape index (κ1) is 23.0. The third-order valence-corrected chi connectivity index (χ3v) is 7.43. The number of aromatic nitrogens is 1. The Morgan fingerprint density at radius 1 is 1.03 bits per heavy atom. The summed E-state index contributed by atoms with van der Waals surface area (Å²) in [5.74, 6) is -0.725. The maximum atomic E-state index is 13.8. The number of aromatic amines is 1. The monoisotopic (exact) mass is 484 g/mol. The molecule has 0 saturated heterocycles. The fraction of sp³-hybridized carbons (Fsp3) is 0.160. The molecule has 0 saturated carbocycles. The molecule has 0 fully saturated rings. The molecule has 33 heavy (non-hydrogen) atoms. The van der Waals surface area contributed by atoms with Crippen molar-refractivity contribution in [2.24, 2.45) is 0 Å². The minimum Gasteiger partial charge on any atom is -0.349 e. The second kappa shape index (κ2) is 9.00. The van der Waals surface area contributed by atoms with Gasteiger partial charge in [-0.25, -0.2) is 12.8 Å². The molecule has 1 heterocycles. The van der Waals surface area contributed by atoms with E-state index in [1.54, 1.807) is 68.4 Å². The number of rotatable bonds is 6. The van der Waals surface area contributed by atoms with Crippen molar-refractivity contribution in [2.45, 2.75) is 29.7 Å². The highest BCUT2D eigenvalue weighted by molar-refractivity contribution is 7.91. The number of alkyl halides is 1. The normalized spacial score (nSPS) is 12.6. The van der Waals surface area contributed by atoms with Crippen LogP contribution in [0.2, 0.25) is 5.02 Å². The number of hydrogen-bond donors (Lipinski definition) is 2. The molecule has 1 atom stereocenters. The Balaban J connectivity index is 1.87. The van der Waals surface area contributed by atoms with Crippen molar-refractivity contribution in [3.8, 4) is 0 Å². The van der Waals surface area contributed by atoms with Gasteiger partial charge in [0, 0.05) is 15.9 Å². The maximum absolute atomic E-state index is 13.8. The van der Waals surface area contributed by atoms with E-state index in [-0.39, 0.29) is 15.5 Å². The Kier molecular flexibility index (Phi) is 6.28. The van der Waals surface area contributed by atoms with Gasteiger partial charge in [0.15, 0.2) is 0 Å². The first-order valence-electron chi connectivity index (χ1n) is 10.3. The van der Waals surface area contributed by atoms with Crippen LogP contribution in [-0.4, -0.2) is 26.0 Å². The maximum Gasteiger partial charge on any atom is 0.269 e. The van der Waals surface area contributed by atoms with Crippen LogP contribution in [-0.2, 0) is 9.84 Å². The van der Waals surface area contributed by atoms with Crippen LogP contribution in [0.3, 0.4) is 0 Å². The molecule has 3 aromatic carbocycles. The molecule has 170 valence electrons. The quantitative estimate of drug-likeness (QED) is 0.368. The Morgan fingerprint density at radius 2 is 1.70 bits per heavy atom. The molecule has 1 unspecified atom stereocenters. The highest BCUT2D eigenvalue weighted by Crippen LogP contribution is 2.34. The standard InChI is InChI=1S/C25H22ClFN2O3S/c1-15-10-16(2)12-19(11-15)33(31,32)24-20-13-18(26)8-9-21(20)28-23(24)25(30)29-22(14-27)17-6-4-3-5-7-17/h3-13,22,28H,14H2,1-2H3,(H,29,30). The molecule has 2 N–H and O–H groups in total. The zero-order chi connectivity index (χ0) is 23.8. The van der Waals surface area contributed by atoms with Gasteiger partial charge in [0.05, 0.1) is 10.9 Å². The molecular formula is C25H22ClFN2O3S. The lowest BCUT2D eigenvalue weighted by molar-refractivity contribution is 0.0922. The van der Waals surface area contributed by atoms with E-state index < -0.39 is 28.5 Å². The van der Waals surface area contributed by atoms with E-state index in [9.17, 15) is 17.6 Å². The number of fused-ring (bicyclic) bond motifs is 1. The number of halogens is 2. The molecule has 0 aliphatic heterocycles. The van der Waals surface area contributed by atoms with Gasteiger partial charge in [-0.3, -0.25) is 4.79 Å². The molecule has 1 amide bonds. The van der Waals surface area contributed by atoms with Gasteiger partial charge < -0.3 is 10.3 Å². The van der Waals surface area contributed by atoms with E-state index >= 15 is 0 Å².